The summed E-state index contributed by atoms with van der Waals surface area (Å²) in [5.41, 5.74) is 1.36. The second-order valence-electron chi connectivity index (χ2n) is 6.24. The second-order valence-corrected chi connectivity index (χ2v) is 6.24. The Bertz CT molecular complexity index is 806. The van der Waals surface area contributed by atoms with Crippen LogP contribution in [0.2, 0.25) is 0 Å². The van der Waals surface area contributed by atoms with E-state index >= 15 is 0 Å². The number of likely N-dealkylation sites (N-methyl/N-ethyl adjacent to an activating group) is 2. The van der Waals surface area contributed by atoms with Gasteiger partial charge in [-0.25, -0.2) is 4.79 Å². The minimum absolute atomic E-state index is 0.0613. The van der Waals surface area contributed by atoms with Gasteiger partial charge < -0.3 is 19.7 Å². The molecule has 0 heterocycles. The third-order valence-electron chi connectivity index (χ3n) is 4.11. The molecule has 0 aliphatic heterocycles. The Morgan fingerprint density at radius 1 is 0.966 bits per heavy atom. The van der Waals surface area contributed by atoms with Crippen molar-refractivity contribution < 1.29 is 23.9 Å². The van der Waals surface area contributed by atoms with Gasteiger partial charge in [0.25, 0.3) is 5.91 Å². The number of esters is 1. The number of carbonyl (C=O) groups excluding carboxylic acids is 3. The molecule has 2 aromatic carbocycles. The van der Waals surface area contributed by atoms with E-state index in [9.17, 15) is 14.4 Å². The minimum Gasteiger partial charge on any atom is -0.489 e. The van der Waals surface area contributed by atoms with Gasteiger partial charge >= 0.3 is 5.97 Å². The van der Waals surface area contributed by atoms with Crippen LogP contribution in [-0.4, -0.2) is 48.9 Å². The highest BCUT2D eigenvalue weighted by Crippen LogP contribution is 2.15. The molecule has 1 N–H and O–H groups in total. The van der Waals surface area contributed by atoms with Crippen LogP contribution in [-0.2, 0) is 20.9 Å². The minimum atomic E-state index is -0.609. The standard InChI is InChI=1S/C22H26N2O5/c1-3-23-20(25)14-24(4-2)21(26)16-29-22(27)18-10-12-19(13-11-18)28-15-17-8-6-5-7-9-17/h5-13H,3-4,14-16H2,1-2H3,(H,23,25). The molecular weight excluding hydrogens is 372 g/mol. The summed E-state index contributed by atoms with van der Waals surface area (Å²) in [7, 11) is 0. The fraction of sp³-hybridized carbons (Fsp3) is 0.318. The SMILES string of the molecule is CCNC(=O)CN(CC)C(=O)COC(=O)c1ccc(OCc2ccccc2)cc1. The van der Waals surface area contributed by atoms with Gasteiger partial charge in [-0.1, -0.05) is 30.3 Å². The molecular formula is C22H26N2O5. The molecule has 0 bridgehead atoms. The molecule has 7 nitrogen and oxygen atoms in total. The fourth-order valence-electron chi connectivity index (χ4n) is 2.53. The summed E-state index contributed by atoms with van der Waals surface area (Å²) in [6.45, 7) is 4.35. The van der Waals surface area contributed by atoms with E-state index < -0.39 is 18.5 Å². The predicted octanol–water partition coefficient (Wildman–Crippen LogP) is 2.41. The van der Waals surface area contributed by atoms with Crippen LogP contribution in [0.15, 0.2) is 54.6 Å². The van der Waals surface area contributed by atoms with E-state index in [-0.39, 0.29) is 12.5 Å². The van der Waals surface area contributed by atoms with Gasteiger partial charge in [0.15, 0.2) is 6.61 Å². The van der Waals surface area contributed by atoms with Gasteiger partial charge in [0.1, 0.15) is 12.4 Å². The van der Waals surface area contributed by atoms with Crippen LogP contribution in [0.1, 0.15) is 29.8 Å². The van der Waals surface area contributed by atoms with Crippen LogP contribution in [0.5, 0.6) is 5.75 Å². The molecule has 154 valence electrons. The summed E-state index contributed by atoms with van der Waals surface area (Å²) in [5.74, 6) is -0.655. The topological polar surface area (TPSA) is 84.9 Å². The molecule has 2 aromatic rings. The van der Waals surface area contributed by atoms with Crippen molar-refractivity contribution in [3.63, 3.8) is 0 Å². The Labute approximate surface area is 170 Å². The fourth-order valence-corrected chi connectivity index (χ4v) is 2.53. The molecule has 0 unspecified atom stereocenters. The van der Waals surface area contributed by atoms with Gasteiger partial charge in [0, 0.05) is 13.1 Å². The number of nitrogens with zero attached hydrogens (tertiary/aromatic N) is 1. The van der Waals surface area contributed by atoms with E-state index in [4.69, 9.17) is 9.47 Å². The Morgan fingerprint density at radius 2 is 1.66 bits per heavy atom. The van der Waals surface area contributed by atoms with Crippen molar-refractivity contribution in [1.29, 1.82) is 0 Å². The quantitative estimate of drug-likeness (QED) is 0.621. The molecule has 0 atom stereocenters. The molecule has 0 aromatic heterocycles. The molecule has 0 fully saturated rings. The van der Waals surface area contributed by atoms with Gasteiger partial charge in [0.05, 0.1) is 12.1 Å². The third kappa shape index (κ3) is 7.29. The number of carbonyl (C=O) groups is 3. The van der Waals surface area contributed by atoms with E-state index in [0.717, 1.165) is 5.56 Å². The average molecular weight is 398 g/mol. The Morgan fingerprint density at radius 3 is 2.28 bits per heavy atom. The van der Waals surface area contributed by atoms with Crippen molar-refractivity contribution in [2.75, 3.05) is 26.2 Å². The zero-order valence-corrected chi connectivity index (χ0v) is 16.7. The Hall–Kier alpha value is -3.35. The molecule has 0 spiro atoms. The first-order valence-corrected chi connectivity index (χ1v) is 9.51. The zero-order chi connectivity index (χ0) is 21.1. The molecule has 7 heteroatoms. The first-order chi connectivity index (χ1) is 14.0. The summed E-state index contributed by atoms with van der Waals surface area (Å²) < 4.78 is 10.8. The maximum absolute atomic E-state index is 12.2. The monoisotopic (exact) mass is 398 g/mol. The highest BCUT2D eigenvalue weighted by atomic mass is 16.5. The first-order valence-electron chi connectivity index (χ1n) is 9.51. The van der Waals surface area contributed by atoms with Crippen LogP contribution < -0.4 is 10.1 Å². The predicted molar refractivity (Wildman–Crippen MR) is 108 cm³/mol. The maximum atomic E-state index is 12.2. The van der Waals surface area contributed by atoms with Crippen LogP contribution in [0.4, 0.5) is 0 Å². The largest absolute Gasteiger partial charge is 0.489 e. The Kier molecular flexibility index (Phi) is 8.69. The molecule has 2 rings (SSSR count). The second kappa shape index (κ2) is 11.5. The smallest absolute Gasteiger partial charge is 0.338 e. The number of hydrogen-bond donors (Lipinski definition) is 1. The van der Waals surface area contributed by atoms with E-state index in [2.05, 4.69) is 5.32 Å². The zero-order valence-electron chi connectivity index (χ0n) is 16.7. The molecule has 0 radical (unpaired) electrons. The van der Waals surface area contributed by atoms with E-state index in [0.29, 0.717) is 31.0 Å². The molecule has 0 saturated heterocycles. The lowest BCUT2D eigenvalue weighted by Crippen LogP contribution is -2.42. The average Bonchev–Trinajstić information content (AvgIpc) is 2.75. The number of nitrogens with one attached hydrogen (secondary N) is 1. The van der Waals surface area contributed by atoms with E-state index in [1.807, 2.05) is 30.3 Å². The summed E-state index contributed by atoms with van der Waals surface area (Å²) in [4.78, 5) is 37.3. The van der Waals surface area contributed by atoms with Gasteiger partial charge in [-0.05, 0) is 43.7 Å². The van der Waals surface area contributed by atoms with Gasteiger partial charge in [-0.15, -0.1) is 0 Å². The lowest BCUT2D eigenvalue weighted by Gasteiger charge is -2.20. The lowest BCUT2D eigenvalue weighted by molar-refractivity contribution is -0.138. The summed E-state index contributed by atoms with van der Waals surface area (Å²) in [5, 5.41) is 2.63. The summed E-state index contributed by atoms with van der Waals surface area (Å²) in [6, 6.07) is 16.3. The summed E-state index contributed by atoms with van der Waals surface area (Å²) >= 11 is 0. The third-order valence-corrected chi connectivity index (χ3v) is 4.11. The van der Waals surface area contributed by atoms with Crippen molar-refractivity contribution in [2.45, 2.75) is 20.5 Å². The van der Waals surface area contributed by atoms with Gasteiger partial charge in [-0.3, -0.25) is 9.59 Å². The highest BCUT2D eigenvalue weighted by molar-refractivity contribution is 5.92. The van der Waals surface area contributed by atoms with Crippen LogP contribution in [0.25, 0.3) is 0 Å². The van der Waals surface area contributed by atoms with E-state index in [1.165, 1.54) is 4.90 Å². The lowest BCUT2D eigenvalue weighted by atomic mass is 10.2. The molecule has 2 amide bonds. The molecule has 0 saturated carbocycles. The van der Waals surface area contributed by atoms with Crippen LogP contribution in [0.3, 0.4) is 0 Å². The normalized spacial score (nSPS) is 10.1. The van der Waals surface area contributed by atoms with Gasteiger partial charge in [-0.2, -0.15) is 0 Å². The highest BCUT2D eigenvalue weighted by Gasteiger charge is 2.17. The van der Waals surface area contributed by atoms with Crippen molar-refractivity contribution >= 4 is 17.8 Å². The van der Waals surface area contributed by atoms with Crippen molar-refractivity contribution in [2.24, 2.45) is 0 Å². The number of rotatable bonds is 10. The van der Waals surface area contributed by atoms with E-state index in [1.54, 1.807) is 38.1 Å². The van der Waals surface area contributed by atoms with Crippen molar-refractivity contribution in [1.82, 2.24) is 10.2 Å². The summed E-state index contributed by atoms with van der Waals surface area (Å²) in [6.07, 6.45) is 0. The number of ether oxygens (including phenoxy) is 2. The maximum Gasteiger partial charge on any atom is 0.338 e. The number of amides is 2. The van der Waals surface area contributed by atoms with Gasteiger partial charge in [0.2, 0.25) is 5.91 Å². The van der Waals surface area contributed by atoms with Crippen LogP contribution in [0, 0.1) is 0 Å². The first kappa shape index (κ1) is 21.9. The molecule has 0 aliphatic carbocycles. The number of hydrogen-bond acceptors (Lipinski definition) is 5. The molecule has 0 aliphatic rings. The molecule has 29 heavy (non-hydrogen) atoms. The van der Waals surface area contributed by atoms with Crippen molar-refractivity contribution in [3.8, 4) is 5.75 Å². The Balaban J connectivity index is 1.82. The number of benzene rings is 2. The van der Waals surface area contributed by atoms with Crippen molar-refractivity contribution in [3.05, 3.63) is 65.7 Å². The van der Waals surface area contributed by atoms with Crippen LogP contribution >= 0.6 is 0 Å².